The summed E-state index contributed by atoms with van der Waals surface area (Å²) >= 11 is 0. The van der Waals surface area contributed by atoms with E-state index in [4.69, 9.17) is 4.74 Å². The van der Waals surface area contributed by atoms with Crippen molar-refractivity contribution in [1.29, 1.82) is 0 Å². The zero-order valence-electron chi connectivity index (χ0n) is 11.8. The summed E-state index contributed by atoms with van der Waals surface area (Å²) in [6.45, 7) is 4.02. The van der Waals surface area contributed by atoms with E-state index in [1.807, 2.05) is 6.92 Å². The molecule has 3 nitrogen and oxygen atoms in total. The SMILES string of the molecule is CCCCCCC(C)Oc1nc(NC)c(F)cc1F. The Labute approximate surface area is 113 Å². The van der Waals surface area contributed by atoms with Gasteiger partial charge in [0.05, 0.1) is 6.10 Å². The van der Waals surface area contributed by atoms with E-state index in [0.29, 0.717) is 0 Å². The van der Waals surface area contributed by atoms with Crippen molar-refractivity contribution in [3.63, 3.8) is 0 Å². The van der Waals surface area contributed by atoms with Gasteiger partial charge in [0, 0.05) is 13.1 Å². The van der Waals surface area contributed by atoms with E-state index in [0.717, 1.165) is 25.3 Å². The molecular weight excluding hydrogens is 250 g/mol. The number of ether oxygens (including phenoxy) is 1. The maximum Gasteiger partial charge on any atom is 0.252 e. The summed E-state index contributed by atoms with van der Waals surface area (Å²) in [5.41, 5.74) is 0. The van der Waals surface area contributed by atoms with Crippen LogP contribution in [-0.2, 0) is 0 Å². The average molecular weight is 272 g/mol. The van der Waals surface area contributed by atoms with E-state index >= 15 is 0 Å². The van der Waals surface area contributed by atoms with Crippen LogP contribution in [-0.4, -0.2) is 18.1 Å². The molecule has 0 spiro atoms. The van der Waals surface area contributed by atoms with Crippen LogP contribution in [0.1, 0.15) is 46.0 Å². The molecule has 1 atom stereocenters. The Balaban J connectivity index is 2.56. The van der Waals surface area contributed by atoms with Gasteiger partial charge in [0.15, 0.2) is 17.5 Å². The summed E-state index contributed by atoms with van der Waals surface area (Å²) in [6.07, 6.45) is 5.26. The lowest BCUT2D eigenvalue weighted by Crippen LogP contribution is -2.14. The molecule has 0 fully saturated rings. The fourth-order valence-corrected chi connectivity index (χ4v) is 1.82. The summed E-state index contributed by atoms with van der Waals surface area (Å²) in [7, 11) is 1.53. The van der Waals surface area contributed by atoms with Crippen LogP contribution in [0.4, 0.5) is 14.6 Å². The molecule has 0 aliphatic carbocycles. The Kier molecular flexibility index (Phi) is 6.53. The van der Waals surface area contributed by atoms with Crippen molar-refractivity contribution in [2.45, 2.75) is 52.1 Å². The summed E-state index contributed by atoms with van der Waals surface area (Å²) in [5, 5.41) is 2.56. The van der Waals surface area contributed by atoms with E-state index in [9.17, 15) is 8.78 Å². The van der Waals surface area contributed by atoms with Gasteiger partial charge in [0.1, 0.15) is 0 Å². The second-order valence-electron chi connectivity index (χ2n) is 4.63. The molecule has 1 aromatic heterocycles. The third kappa shape index (κ3) is 5.01. The summed E-state index contributed by atoms with van der Waals surface area (Å²) < 4.78 is 32.2. The third-order valence-electron chi connectivity index (χ3n) is 2.91. The molecule has 0 saturated carbocycles. The van der Waals surface area contributed by atoms with Crippen LogP contribution >= 0.6 is 0 Å². The van der Waals surface area contributed by atoms with Gasteiger partial charge in [-0.1, -0.05) is 26.2 Å². The Morgan fingerprint density at radius 3 is 2.63 bits per heavy atom. The minimum absolute atomic E-state index is 0.00502. The molecule has 0 aromatic carbocycles. The lowest BCUT2D eigenvalue weighted by Gasteiger charge is -2.15. The van der Waals surface area contributed by atoms with Crippen molar-refractivity contribution in [3.8, 4) is 5.88 Å². The van der Waals surface area contributed by atoms with E-state index in [1.165, 1.54) is 19.9 Å². The fourth-order valence-electron chi connectivity index (χ4n) is 1.82. The summed E-state index contributed by atoms with van der Waals surface area (Å²) in [4.78, 5) is 3.79. The van der Waals surface area contributed by atoms with E-state index < -0.39 is 11.6 Å². The number of rotatable bonds is 8. The quantitative estimate of drug-likeness (QED) is 0.722. The van der Waals surface area contributed by atoms with Crippen LogP contribution in [0.15, 0.2) is 6.07 Å². The second kappa shape index (κ2) is 7.92. The van der Waals surface area contributed by atoms with Crippen LogP contribution in [0, 0.1) is 11.6 Å². The average Bonchev–Trinajstić information content (AvgIpc) is 2.38. The molecule has 1 N–H and O–H groups in total. The topological polar surface area (TPSA) is 34.1 Å². The highest BCUT2D eigenvalue weighted by atomic mass is 19.1. The number of unbranched alkanes of at least 4 members (excludes halogenated alkanes) is 3. The maximum absolute atomic E-state index is 13.5. The van der Waals surface area contributed by atoms with Gasteiger partial charge in [-0.05, 0) is 19.8 Å². The summed E-state index contributed by atoms with van der Waals surface area (Å²) in [5.74, 6) is -1.64. The fraction of sp³-hybridized carbons (Fsp3) is 0.643. The minimum atomic E-state index is -0.767. The van der Waals surface area contributed by atoms with Crippen LogP contribution in [0.3, 0.4) is 0 Å². The minimum Gasteiger partial charge on any atom is -0.473 e. The first-order chi connectivity index (χ1) is 9.08. The molecule has 1 heterocycles. The van der Waals surface area contributed by atoms with Gasteiger partial charge in [-0.25, -0.2) is 8.78 Å². The van der Waals surface area contributed by atoms with Crippen molar-refractivity contribution in [2.75, 3.05) is 12.4 Å². The van der Waals surface area contributed by atoms with Gasteiger partial charge in [-0.15, -0.1) is 0 Å². The number of nitrogens with one attached hydrogen (secondary N) is 1. The second-order valence-corrected chi connectivity index (χ2v) is 4.63. The van der Waals surface area contributed by atoms with Crippen molar-refractivity contribution < 1.29 is 13.5 Å². The van der Waals surface area contributed by atoms with Crippen molar-refractivity contribution in [3.05, 3.63) is 17.7 Å². The number of aromatic nitrogens is 1. The smallest absolute Gasteiger partial charge is 0.252 e. The molecule has 108 valence electrons. The van der Waals surface area contributed by atoms with E-state index in [2.05, 4.69) is 17.2 Å². The Morgan fingerprint density at radius 2 is 2.00 bits per heavy atom. The van der Waals surface area contributed by atoms with Crippen LogP contribution in [0.2, 0.25) is 0 Å². The highest BCUT2D eigenvalue weighted by Crippen LogP contribution is 2.22. The largest absolute Gasteiger partial charge is 0.473 e. The Morgan fingerprint density at radius 1 is 1.26 bits per heavy atom. The monoisotopic (exact) mass is 272 g/mol. The molecule has 0 aliphatic heterocycles. The zero-order valence-corrected chi connectivity index (χ0v) is 11.8. The first-order valence-corrected chi connectivity index (χ1v) is 6.79. The number of halogens is 2. The normalized spacial score (nSPS) is 12.3. The van der Waals surface area contributed by atoms with Crippen LogP contribution in [0.25, 0.3) is 0 Å². The standard InChI is InChI=1S/C14H22F2N2O/c1-4-5-6-7-8-10(2)19-14-12(16)9-11(15)13(17-3)18-14/h9-10H,4-8H2,1-3H3,(H,17,18). The molecule has 0 radical (unpaired) electrons. The molecule has 19 heavy (non-hydrogen) atoms. The highest BCUT2D eigenvalue weighted by Gasteiger charge is 2.14. The number of pyridine rings is 1. The first kappa shape index (κ1) is 15.7. The highest BCUT2D eigenvalue weighted by molar-refractivity contribution is 5.38. The van der Waals surface area contributed by atoms with Crippen molar-refractivity contribution in [1.82, 2.24) is 4.98 Å². The lowest BCUT2D eigenvalue weighted by molar-refractivity contribution is 0.188. The summed E-state index contributed by atoms with van der Waals surface area (Å²) in [6, 6.07) is 0.790. The van der Waals surface area contributed by atoms with Crippen LogP contribution < -0.4 is 10.1 Å². The van der Waals surface area contributed by atoms with Gasteiger partial charge < -0.3 is 10.1 Å². The van der Waals surface area contributed by atoms with Gasteiger partial charge in [0.2, 0.25) is 0 Å². The number of hydrogen-bond donors (Lipinski definition) is 1. The molecule has 1 rings (SSSR count). The Hall–Kier alpha value is -1.39. The molecule has 0 amide bonds. The first-order valence-electron chi connectivity index (χ1n) is 6.79. The number of anilines is 1. The number of hydrogen-bond acceptors (Lipinski definition) is 3. The van der Waals surface area contributed by atoms with Crippen molar-refractivity contribution >= 4 is 5.82 Å². The molecule has 0 bridgehead atoms. The van der Waals surface area contributed by atoms with Gasteiger partial charge in [-0.3, -0.25) is 0 Å². The molecular formula is C14H22F2N2O. The van der Waals surface area contributed by atoms with E-state index in [1.54, 1.807) is 0 Å². The van der Waals surface area contributed by atoms with Crippen molar-refractivity contribution in [2.24, 2.45) is 0 Å². The molecule has 0 aliphatic rings. The molecule has 0 saturated heterocycles. The van der Waals surface area contributed by atoms with Crippen LogP contribution in [0.5, 0.6) is 5.88 Å². The lowest BCUT2D eigenvalue weighted by atomic mass is 10.1. The van der Waals surface area contributed by atoms with Gasteiger partial charge >= 0.3 is 0 Å². The molecule has 5 heteroatoms. The van der Waals surface area contributed by atoms with Gasteiger partial charge in [-0.2, -0.15) is 4.98 Å². The molecule has 1 aromatic rings. The maximum atomic E-state index is 13.5. The predicted molar refractivity (Wildman–Crippen MR) is 72.5 cm³/mol. The van der Waals surface area contributed by atoms with Gasteiger partial charge in [0.25, 0.3) is 5.88 Å². The molecule has 1 unspecified atom stereocenters. The van der Waals surface area contributed by atoms with E-state index in [-0.39, 0.29) is 17.8 Å². The third-order valence-corrected chi connectivity index (χ3v) is 2.91. The predicted octanol–water partition coefficient (Wildman–Crippen LogP) is 4.14. The zero-order chi connectivity index (χ0) is 14.3. The number of nitrogens with zero attached hydrogens (tertiary/aromatic N) is 1. The Bertz CT molecular complexity index is 399.